The zero-order valence-corrected chi connectivity index (χ0v) is 13.8. The molecular formula is C20H17NO3. The highest BCUT2D eigenvalue weighted by atomic mass is 16.6. The first-order valence-corrected chi connectivity index (χ1v) is 7.89. The summed E-state index contributed by atoms with van der Waals surface area (Å²) in [5.74, 6) is -0.0425. The van der Waals surface area contributed by atoms with Crippen LogP contribution in [-0.4, -0.2) is 22.0 Å². The lowest BCUT2D eigenvalue weighted by Gasteiger charge is -2.20. The summed E-state index contributed by atoms with van der Waals surface area (Å²) in [6.45, 7) is 5.49. The topological polar surface area (TPSA) is 48.3 Å². The van der Waals surface area contributed by atoms with Crippen molar-refractivity contribution >= 4 is 22.8 Å². The molecule has 0 unspecified atom stereocenters. The highest BCUT2D eigenvalue weighted by molar-refractivity contribution is 6.28. The number of rotatable bonds is 0. The van der Waals surface area contributed by atoms with Gasteiger partial charge < -0.3 is 4.74 Å². The Morgan fingerprint density at radius 1 is 0.958 bits per heavy atom. The molecule has 120 valence electrons. The van der Waals surface area contributed by atoms with Crippen LogP contribution in [0.2, 0.25) is 0 Å². The Labute approximate surface area is 139 Å². The standard InChI is InChI=1S/C20H17NO3/c1-20(2,3)24-19(23)21-15-11-7-6-10-14(15)16-17(21)12-8-4-5-9-13(12)18(16)22/h4-11H,1-3H3. The first-order chi connectivity index (χ1) is 11.4. The zero-order chi connectivity index (χ0) is 17.1. The average Bonchev–Trinajstić information content (AvgIpc) is 3.00. The third kappa shape index (κ3) is 1.99. The number of ketones is 1. The lowest BCUT2D eigenvalue weighted by Crippen LogP contribution is -2.27. The van der Waals surface area contributed by atoms with E-state index in [1.54, 1.807) is 6.07 Å². The van der Waals surface area contributed by atoms with Crippen molar-refractivity contribution in [3.63, 3.8) is 0 Å². The van der Waals surface area contributed by atoms with Gasteiger partial charge in [0.25, 0.3) is 0 Å². The van der Waals surface area contributed by atoms with Crippen molar-refractivity contribution in [3.05, 3.63) is 59.7 Å². The van der Waals surface area contributed by atoms with Crippen molar-refractivity contribution in [1.29, 1.82) is 0 Å². The van der Waals surface area contributed by atoms with E-state index in [1.165, 1.54) is 4.57 Å². The molecule has 2 aromatic carbocycles. The summed E-state index contributed by atoms with van der Waals surface area (Å²) in [4.78, 5) is 25.7. The zero-order valence-electron chi connectivity index (χ0n) is 13.8. The molecule has 0 fully saturated rings. The molecule has 4 nitrogen and oxygen atoms in total. The molecule has 0 aliphatic heterocycles. The molecular weight excluding hydrogens is 302 g/mol. The quantitative estimate of drug-likeness (QED) is 0.474. The molecule has 4 rings (SSSR count). The molecule has 0 N–H and O–H groups in total. The molecule has 1 aliphatic rings. The van der Waals surface area contributed by atoms with Crippen molar-refractivity contribution in [2.75, 3.05) is 0 Å². The smallest absolute Gasteiger partial charge is 0.419 e. The lowest BCUT2D eigenvalue weighted by atomic mass is 10.1. The summed E-state index contributed by atoms with van der Waals surface area (Å²) in [5, 5.41) is 0.777. The molecule has 0 spiro atoms. The average molecular weight is 319 g/mol. The van der Waals surface area contributed by atoms with Gasteiger partial charge in [0.2, 0.25) is 0 Å². The lowest BCUT2D eigenvalue weighted by molar-refractivity contribution is 0.0547. The second kappa shape index (κ2) is 4.81. The number of hydrogen-bond donors (Lipinski definition) is 0. The van der Waals surface area contributed by atoms with Gasteiger partial charge in [-0.2, -0.15) is 0 Å². The van der Waals surface area contributed by atoms with Crippen molar-refractivity contribution in [3.8, 4) is 11.3 Å². The molecule has 4 heteroatoms. The van der Waals surface area contributed by atoms with Crippen LogP contribution in [0.4, 0.5) is 4.79 Å². The largest absolute Gasteiger partial charge is 0.443 e. The molecule has 0 saturated carbocycles. The summed E-state index contributed by atoms with van der Waals surface area (Å²) < 4.78 is 7.11. The maximum atomic E-state index is 12.9. The van der Waals surface area contributed by atoms with Crippen molar-refractivity contribution < 1.29 is 14.3 Å². The normalized spacial score (nSPS) is 13.0. The highest BCUT2D eigenvalue weighted by Gasteiger charge is 2.35. The fourth-order valence-electron chi connectivity index (χ4n) is 3.24. The van der Waals surface area contributed by atoms with Gasteiger partial charge in [-0.3, -0.25) is 4.79 Å². The second-order valence-electron chi connectivity index (χ2n) is 6.93. The fraction of sp³-hybridized carbons (Fsp3) is 0.200. The number of nitrogens with zero attached hydrogens (tertiary/aromatic N) is 1. The summed E-state index contributed by atoms with van der Waals surface area (Å²) in [6, 6.07) is 14.8. The maximum absolute atomic E-state index is 12.9. The van der Waals surface area contributed by atoms with Gasteiger partial charge in [-0.05, 0) is 26.8 Å². The van der Waals surface area contributed by atoms with Gasteiger partial charge in [-0.15, -0.1) is 0 Å². The van der Waals surface area contributed by atoms with E-state index in [1.807, 2.05) is 63.2 Å². The monoisotopic (exact) mass is 319 g/mol. The van der Waals surface area contributed by atoms with Crippen LogP contribution in [0.15, 0.2) is 48.5 Å². The van der Waals surface area contributed by atoms with E-state index in [0.29, 0.717) is 22.3 Å². The Balaban J connectivity index is 2.06. The summed E-state index contributed by atoms with van der Waals surface area (Å²) in [5.41, 5.74) is 2.70. The Morgan fingerprint density at radius 3 is 2.29 bits per heavy atom. The number of para-hydroxylation sites is 1. The van der Waals surface area contributed by atoms with Gasteiger partial charge in [-0.1, -0.05) is 42.5 Å². The van der Waals surface area contributed by atoms with Crippen LogP contribution >= 0.6 is 0 Å². The van der Waals surface area contributed by atoms with E-state index in [0.717, 1.165) is 10.9 Å². The van der Waals surface area contributed by atoms with Crippen molar-refractivity contribution in [2.24, 2.45) is 0 Å². The molecule has 0 atom stereocenters. The van der Waals surface area contributed by atoms with Crippen LogP contribution in [0.3, 0.4) is 0 Å². The first-order valence-electron chi connectivity index (χ1n) is 7.89. The van der Waals surface area contributed by atoms with E-state index in [-0.39, 0.29) is 5.78 Å². The van der Waals surface area contributed by atoms with Crippen LogP contribution in [0.5, 0.6) is 0 Å². The van der Waals surface area contributed by atoms with Gasteiger partial charge in [0.15, 0.2) is 5.78 Å². The summed E-state index contributed by atoms with van der Waals surface area (Å²) in [7, 11) is 0. The predicted molar refractivity (Wildman–Crippen MR) is 92.4 cm³/mol. The SMILES string of the molecule is CC(C)(C)OC(=O)n1c2c(c3ccccc31)C(=O)c1ccccc1-2. The number of fused-ring (bicyclic) bond motifs is 5. The Morgan fingerprint density at radius 2 is 1.58 bits per heavy atom. The molecule has 1 aromatic heterocycles. The van der Waals surface area contributed by atoms with Crippen LogP contribution in [0.25, 0.3) is 22.2 Å². The third-order valence-electron chi connectivity index (χ3n) is 4.10. The third-order valence-corrected chi connectivity index (χ3v) is 4.10. The van der Waals surface area contributed by atoms with Crippen LogP contribution in [0, 0.1) is 0 Å². The molecule has 1 aliphatic carbocycles. The van der Waals surface area contributed by atoms with E-state index >= 15 is 0 Å². The summed E-state index contributed by atoms with van der Waals surface area (Å²) >= 11 is 0. The predicted octanol–water partition coefficient (Wildman–Crippen LogP) is 4.64. The van der Waals surface area contributed by atoms with Crippen molar-refractivity contribution in [2.45, 2.75) is 26.4 Å². The Bertz CT molecular complexity index is 1010. The highest BCUT2D eigenvalue weighted by Crippen LogP contribution is 2.42. The molecule has 3 aromatic rings. The Kier molecular flexibility index (Phi) is 2.94. The molecule has 0 bridgehead atoms. The minimum atomic E-state index is -0.614. The minimum Gasteiger partial charge on any atom is -0.443 e. The van der Waals surface area contributed by atoms with E-state index < -0.39 is 11.7 Å². The van der Waals surface area contributed by atoms with Crippen LogP contribution < -0.4 is 0 Å². The molecule has 1 heterocycles. The van der Waals surface area contributed by atoms with Crippen LogP contribution in [0.1, 0.15) is 36.7 Å². The van der Waals surface area contributed by atoms with Gasteiger partial charge in [0.1, 0.15) is 5.60 Å². The number of benzene rings is 2. The second-order valence-corrected chi connectivity index (χ2v) is 6.93. The first kappa shape index (κ1) is 14.7. The molecule has 24 heavy (non-hydrogen) atoms. The van der Waals surface area contributed by atoms with Gasteiger partial charge in [-0.25, -0.2) is 9.36 Å². The van der Waals surface area contributed by atoms with E-state index in [4.69, 9.17) is 4.74 Å². The maximum Gasteiger partial charge on any atom is 0.419 e. The van der Waals surface area contributed by atoms with Gasteiger partial charge in [0.05, 0.1) is 16.8 Å². The van der Waals surface area contributed by atoms with Crippen molar-refractivity contribution in [1.82, 2.24) is 4.57 Å². The number of carbonyl (C=O) groups excluding carboxylic acids is 2. The van der Waals surface area contributed by atoms with Gasteiger partial charge in [0, 0.05) is 16.5 Å². The number of hydrogen-bond acceptors (Lipinski definition) is 3. The molecule has 0 saturated heterocycles. The Hall–Kier alpha value is -2.88. The van der Waals surface area contributed by atoms with E-state index in [2.05, 4.69) is 0 Å². The molecule has 0 radical (unpaired) electrons. The minimum absolute atomic E-state index is 0.0425. The fourth-order valence-corrected chi connectivity index (χ4v) is 3.24. The van der Waals surface area contributed by atoms with Gasteiger partial charge >= 0.3 is 6.09 Å². The number of carbonyl (C=O) groups is 2. The summed E-state index contributed by atoms with van der Waals surface area (Å²) in [6.07, 6.45) is -0.468. The number of ether oxygens (including phenoxy) is 1. The molecule has 0 amide bonds. The van der Waals surface area contributed by atoms with Crippen LogP contribution in [-0.2, 0) is 4.74 Å². The number of aromatic nitrogens is 1. The van der Waals surface area contributed by atoms with E-state index in [9.17, 15) is 9.59 Å².